The maximum Gasteiger partial charge on any atom is 0.262 e. The molecule has 0 aliphatic carbocycles. The van der Waals surface area contributed by atoms with Gasteiger partial charge in [-0.3, -0.25) is 4.79 Å². The fraction of sp³-hybridized carbons (Fsp3) is 0.115. The number of carbonyl (C=O) groups excluding carboxylic acids is 1. The highest BCUT2D eigenvalue weighted by atomic mass is 79.9. The summed E-state index contributed by atoms with van der Waals surface area (Å²) in [6.07, 6.45) is 1.62. The lowest BCUT2D eigenvalue weighted by molar-refractivity contribution is -0.118. The van der Waals surface area contributed by atoms with E-state index in [1.165, 1.54) is 19.2 Å². The Morgan fingerprint density at radius 2 is 2.00 bits per heavy atom. The van der Waals surface area contributed by atoms with E-state index in [0.717, 1.165) is 5.56 Å². The molecule has 7 nitrogen and oxygen atoms in total. The lowest BCUT2D eigenvalue weighted by Gasteiger charge is -2.14. The van der Waals surface area contributed by atoms with Crippen molar-refractivity contribution in [1.82, 2.24) is 9.97 Å². The van der Waals surface area contributed by atoms with Crippen LogP contribution in [0.15, 0.2) is 59.1 Å². The van der Waals surface area contributed by atoms with E-state index in [1.54, 1.807) is 24.3 Å². The number of rotatable bonds is 7. The molecule has 0 atom stereocenters. The molecule has 1 heterocycles. The summed E-state index contributed by atoms with van der Waals surface area (Å²) in [5.41, 5.74) is 3.69. The molecule has 2 N–H and O–H groups in total. The van der Waals surface area contributed by atoms with E-state index in [0.29, 0.717) is 44.1 Å². The van der Waals surface area contributed by atoms with Gasteiger partial charge in [0.15, 0.2) is 18.1 Å². The predicted octanol–water partition coefficient (Wildman–Crippen LogP) is 5.86. The summed E-state index contributed by atoms with van der Waals surface area (Å²) in [5, 5.41) is 12.5. The zero-order valence-electron chi connectivity index (χ0n) is 18.9. The van der Waals surface area contributed by atoms with Crippen molar-refractivity contribution in [2.24, 2.45) is 0 Å². The SMILES string of the molecule is COc1cc(/C=C(/C#N)c2nc3ccc(F)cc3[nH]2)cc(Br)c1OCC(=O)Nc1ccc(C)cc1. The molecule has 35 heavy (non-hydrogen) atoms. The number of aromatic nitrogens is 2. The molecule has 0 spiro atoms. The van der Waals surface area contributed by atoms with Gasteiger partial charge < -0.3 is 19.8 Å². The summed E-state index contributed by atoms with van der Waals surface area (Å²) in [6.45, 7) is 1.74. The van der Waals surface area contributed by atoms with Crippen LogP contribution in [0.5, 0.6) is 11.5 Å². The predicted molar refractivity (Wildman–Crippen MR) is 136 cm³/mol. The molecule has 0 unspecified atom stereocenters. The maximum absolute atomic E-state index is 13.5. The summed E-state index contributed by atoms with van der Waals surface area (Å²) < 4.78 is 25.2. The first-order valence-corrected chi connectivity index (χ1v) is 11.3. The molecule has 0 radical (unpaired) electrons. The van der Waals surface area contributed by atoms with E-state index in [-0.39, 0.29) is 18.1 Å². The Morgan fingerprint density at radius 1 is 1.23 bits per heavy atom. The first kappa shape index (κ1) is 24.0. The number of aryl methyl sites for hydroxylation is 1. The highest BCUT2D eigenvalue weighted by molar-refractivity contribution is 9.10. The normalized spacial score (nSPS) is 11.2. The highest BCUT2D eigenvalue weighted by Gasteiger charge is 2.15. The second-order valence-electron chi connectivity index (χ2n) is 7.65. The zero-order valence-corrected chi connectivity index (χ0v) is 20.4. The van der Waals surface area contributed by atoms with Gasteiger partial charge in [-0.1, -0.05) is 17.7 Å². The van der Waals surface area contributed by atoms with Gasteiger partial charge in [0.25, 0.3) is 5.91 Å². The Bertz CT molecular complexity index is 1470. The number of carbonyl (C=O) groups is 1. The van der Waals surface area contributed by atoms with E-state index in [2.05, 4.69) is 37.3 Å². The van der Waals surface area contributed by atoms with Crippen molar-refractivity contribution in [3.8, 4) is 17.6 Å². The van der Waals surface area contributed by atoms with E-state index >= 15 is 0 Å². The number of halogens is 2. The van der Waals surface area contributed by atoms with Crippen LogP contribution in [0.3, 0.4) is 0 Å². The second kappa shape index (κ2) is 10.4. The first-order valence-electron chi connectivity index (χ1n) is 10.5. The number of allylic oxidation sites excluding steroid dienone is 1. The number of nitrogens with zero attached hydrogens (tertiary/aromatic N) is 2. The van der Waals surface area contributed by atoms with Crippen molar-refractivity contribution in [3.63, 3.8) is 0 Å². The van der Waals surface area contributed by atoms with Crippen LogP contribution in [-0.2, 0) is 4.79 Å². The van der Waals surface area contributed by atoms with E-state index in [4.69, 9.17) is 9.47 Å². The average Bonchev–Trinajstić information content (AvgIpc) is 3.26. The molecule has 9 heteroatoms. The summed E-state index contributed by atoms with van der Waals surface area (Å²) in [4.78, 5) is 19.6. The van der Waals surface area contributed by atoms with Gasteiger partial charge in [0.1, 0.15) is 17.7 Å². The number of hydrogen-bond donors (Lipinski definition) is 2. The maximum atomic E-state index is 13.5. The molecule has 4 rings (SSSR count). The minimum atomic E-state index is -0.396. The van der Waals surface area contributed by atoms with Gasteiger partial charge in [0, 0.05) is 5.69 Å². The summed E-state index contributed by atoms with van der Waals surface area (Å²) in [7, 11) is 1.48. The van der Waals surface area contributed by atoms with Crippen molar-refractivity contribution < 1.29 is 18.7 Å². The Kier molecular flexibility index (Phi) is 7.13. The Balaban J connectivity index is 1.54. The van der Waals surface area contributed by atoms with Crippen molar-refractivity contribution in [2.45, 2.75) is 6.92 Å². The average molecular weight is 535 g/mol. The van der Waals surface area contributed by atoms with Gasteiger partial charge in [0.05, 0.1) is 28.2 Å². The number of methoxy groups -OCH3 is 1. The molecule has 176 valence electrons. The molecule has 1 aromatic heterocycles. The van der Waals surface area contributed by atoms with Crippen LogP contribution in [0.4, 0.5) is 10.1 Å². The van der Waals surface area contributed by atoms with Crippen LogP contribution >= 0.6 is 15.9 Å². The van der Waals surface area contributed by atoms with Gasteiger partial charge in [-0.25, -0.2) is 9.37 Å². The van der Waals surface area contributed by atoms with Crippen molar-refractivity contribution >= 4 is 50.2 Å². The summed E-state index contributed by atoms with van der Waals surface area (Å²) in [5.74, 6) is 0.322. The Hall–Kier alpha value is -4.16. The first-order chi connectivity index (χ1) is 16.9. The molecule has 0 saturated carbocycles. The number of amides is 1. The van der Waals surface area contributed by atoms with Gasteiger partial charge >= 0.3 is 0 Å². The molecule has 1 amide bonds. The molecular formula is C26H20BrFN4O3. The molecule has 0 saturated heterocycles. The number of H-pyrrole nitrogens is 1. The number of nitrogens with one attached hydrogen (secondary N) is 2. The van der Waals surface area contributed by atoms with Gasteiger partial charge in [0.2, 0.25) is 0 Å². The lowest BCUT2D eigenvalue weighted by atomic mass is 10.1. The fourth-order valence-electron chi connectivity index (χ4n) is 3.36. The molecule has 0 bridgehead atoms. The quantitative estimate of drug-likeness (QED) is 0.289. The number of nitriles is 1. The standard InChI is InChI=1S/C26H20BrFN4O3/c1-15-3-6-19(7-4-15)30-24(33)14-35-25-20(27)10-16(11-23(25)34-2)9-17(13-29)26-31-21-8-5-18(28)12-22(21)32-26/h3-12H,14H2,1-2H3,(H,30,33)(H,31,32)/b17-9-. The van der Waals surface area contributed by atoms with Crippen LogP contribution in [0.2, 0.25) is 0 Å². The smallest absolute Gasteiger partial charge is 0.262 e. The number of imidazole rings is 1. The van der Waals surface area contributed by atoms with E-state index in [1.807, 2.05) is 31.2 Å². The van der Waals surface area contributed by atoms with Crippen molar-refractivity contribution in [3.05, 3.63) is 81.8 Å². The molecule has 4 aromatic rings. The van der Waals surface area contributed by atoms with Gasteiger partial charge in [-0.15, -0.1) is 0 Å². The van der Waals surface area contributed by atoms with E-state index in [9.17, 15) is 14.4 Å². The minimum Gasteiger partial charge on any atom is -0.493 e. The fourth-order valence-corrected chi connectivity index (χ4v) is 3.94. The second-order valence-corrected chi connectivity index (χ2v) is 8.51. The number of ether oxygens (including phenoxy) is 2. The number of hydrogen-bond acceptors (Lipinski definition) is 5. The lowest BCUT2D eigenvalue weighted by Crippen LogP contribution is -2.20. The van der Waals surface area contributed by atoms with E-state index < -0.39 is 5.82 Å². The number of fused-ring (bicyclic) bond motifs is 1. The van der Waals surface area contributed by atoms with Crippen LogP contribution in [-0.4, -0.2) is 29.6 Å². The van der Waals surface area contributed by atoms with Crippen molar-refractivity contribution in [1.29, 1.82) is 5.26 Å². The van der Waals surface area contributed by atoms with Crippen molar-refractivity contribution in [2.75, 3.05) is 19.0 Å². The number of aromatic amines is 1. The number of anilines is 1. The largest absolute Gasteiger partial charge is 0.493 e. The third-order valence-electron chi connectivity index (χ3n) is 5.07. The van der Waals surface area contributed by atoms with Gasteiger partial charge in [-0.2, -0.15) is 5.26 Å². The van der Waals surface area contributed by atoms with Gasteiger partial charge in [-0.05, 0) is 77.0 Å². The Morgan fingerprint density at radius 3 is 2.71 bits per heavy atom. The third kappa shape index (κ3) is 5.67. The van der Waals surface area contributed by atoms with Crippen LogP contribution in [0.25, 0.3) is 22.7 Å². The molecular weight excluding hydrogens is 515 g/mol. The number of benzene rings is 3. The topological polar surface area (TPSA) is 100 Å². The molecule has 3 aromatic carbocycles. The zero-order chi connectivity index (χ0) is 24.9. The highest BCUT2D eigenvalue weighted by Crippen LogP contribution is 2.37. The minimum absolute atomic E-state index is 0.225. The Labute approximate surface area is 209 Å². The van der Waals surface area contributed by atoms with Crippen LogP contribution < -0.4 is 14.8 Å². The summed E-state index contributed by atoms with van der Waals surface area (Å²) >= 11 is 3.45. The van der Waals surface area contributed by atoms with Crippen LogP contribution in [0, 0.1) is 24.1 Å². The molecule has 0 fully saturated rings. The summed E-state index contributed by atoms with van der Waals surface area (Å²) in [6, 6.07) is 17.1. The van der Waals surface area contributed by atoms with Crippen LogP contribution in [0.1, 0.15) is 17.0 Å². The monoisotopic (exact) mass is 534 g/mol. The molecule has 0 aliphatic heterocycles. The third-order valence-corrected chi connectivity index (χ3v) is 5.65. The molecule has 0 aliphatic rings.